The fourth-order valence-electron chi connectivity index (χ4n) is 3.36. The normalized spacial score (nSPS) is 20.5. The summed E-state index contributed by atoms with van der Waals surface area (Å²) >= 11 is 0. The smallest absolute Gasteiger partial charge is 0.108 e. The minimum absolute atomic E-state index is 0.295. The van der Waals surface area contributed by atoms with Gasteiger partial charge in [0.05, 0.1) is 0 Å². The predicted molar refractivity (Wildman–Crippen MR) is 92.2 cm³/mol. The molecule has 5 nitrogen and oxygen atoms in total. The van der Waals surface area contributed by atoms with Crippen molar-refractivity contribution in [2.24, 2.45) is 0 Å². The zero-order chi connectivity index (χ0) is 16.2. The highest BCUT2D eigenvalue weighted by Gasteiger charge is 2.35. The maximum Gasteiger partial charge on any atom is 0.108 e. The fraction of sp³-hybridized carbons (Fsp3) is 0.824. The van der Waals surface area contributed by atoms with Crippen LogP contribution in [0.1, 0.15) is 32.5 Å². The van der Waals surface area contributed by atoms with E-state index >= 15 is 0 Å². The van der Waals surface area contributed by atoms with E-state index in [1.807, 2.05) is 6.20 Å². The second-order valence-corrected chi connectivity index (χ2v) is 7.05. The van der Waals surface area contributed by atoms with Crippen molar-refractivity contribution in [3.63, 3.8) is 0 Å². The molecule has 2 heterocycles. The van der Waals surface area contributed by atoms with Gasteiger partial charge in [0.25, 0.3) is 0 Å². The Hall–Kier alpha value is -0.910. The molecule has 1 unspecified atom stereocenters. The minimum Gasteiger partial charge on any atom is -0.333 e. The molecule has 1 saturated heterocycles. The molecule has 1 aliphatic rings. The van der Waals surface area contributed by atoms with Crippen LogP contribution < -0.4 is 5.32 Å². The van der Waals surface area contributed by atoms with Gasteiger partial charge in [0.2, 0.25) is 0 Å². The zero-order valence-electron chi connectivity index (χ0n) is 15.0. The average Bonchev–Trinajstić information content (AvgIpc) is 2.94. The third kappa shape index (κ3) is 4.09. The second-order valence-electron chi connectivity index (χ2n) is 7.05. The number of nitrogens with one attached hydrogen (secondary N) is 1. The number of hydrogen-bond donors (Lipinski definition) is 1. The number of imidazole rings is 1. The van der Waals surface area contributed by atoms with E-state index in [1.54, 1.807) is 0 Å². The molecule has 0 saturated carbocycles. The molecular weight excluding hydrogens is 274 g/mol. The van der Waals surface area contributed by atoms with Crippen LogP contribution in [0.2, 0.25) is 0 Å². The number of likely N-dealkylation sites (tertiary alicyclic amines) is 1. The molecule has 1 atom stereocenters. The summed E-state index contributed by atoms with van der Waals surface area (Å²) in [4.78, 5) is 9.27. The van der Waals surface area contributed by atoms with Gasteiger partial charge in [0.15, 0.2) is 0 Å². The van der Waals surface area contributed by atoms with Crippen LogP contribution in [0.25, 0.3) is 0 Å². The third-order valence-electron chi connectivity index (χ3n) is 5.23. The Labute approximate surface area is 135 Å². The monoisotopic (exact) mass is 307 g/mol. The molecule has 2 rings (SSSR count). The highest BCUT2D eigenvalue weighted by atomic mass is 15.2. The standard InChI is InChI=1S/C17H33N5/c1-6-16-18-9-12-22(16)13-15(2)19-14-17(20(3)4)7-10-21(5)11-8-17/h9,12,15,19H,6-8,10-11,13-14H2,1-5H3. The first kappa shape index (κ1) is 17.4. The third-order valence-corrected chi connectivity index (χ3v) is 5.23. The van der Waals surface area contributed by atoms with Crippen molar-refractivity contribution in [1.82, 2.24) is 24.7 Å². The Bertz CT molecular complexity index is 446. The Morgan fingerprint density at radius 1 is 1.36 bits per heavy atom. The van der Waals surface area contributed by atoms with E-state index in [2.05, 4.69) is 65.9 Å². The van der Waals surface area contributed by atoms with Crippen LogP contribution in [-0.4, -0.2) is 71.7 Å². The predicted octanol–water partition coefficient (Wildman–Crippen LogP) is 1.45. The first-order valence-corrected chi connectivity index (χ1v) is 8.56. The van der Waals surface area contributed by atoms with Crippen molar-refractivity contribution >= 4 is 0 Å². The van der Waals surface area contributed by atoms with Gasteiger partial charge in [-0.15, -0.1) is 0 Å². The number of piperidine rings is 1. The highest BCUT2D eigenvalue weighted by Crippen LogP contribution is 2.26. The van der Waals surface area contributed by atoms with Crippen molar-refractivity contribution in [3.8, 4) is 0 Å². The largest absolute Gasteiger partial charge is 0.333 e. The Balaban J connectivity index is 1.89. The summed E-state index contributed by atoms with van der Waals surface area (Å²) in [7, 11) is 6.67. The quantitative estimate of drug-likeness (QED) is 0.827. The molecule has 1 N–H and O–H groups in total. The molecule has 1 aliphatic heterocycles. The van der Waals surface area contributed by atoms with Gasteiger partial charge in [-0.25, -0.2) is 4.98 Å². The summed E-state index contributed by atoms with van der Waals surface area (Å²) < 4.78 is 2.27. The van der Waals surface area contributed by atoms with Crippen LogP contribution >= 0.6 is 0 Å². The molecule has 1 aromatic heterocycles. The lowest BCUT2D eigenvalue weighted by molar-refractivity contribution is 0.0634. The van der Waals surface area contributed by atoms with Gasteiger partial charge in [-0.3, -0.25) is 0 Å². The van der Waals surface area contributed by atoms with E-state index in [0.717, 1.165) is 19.5 Å². The number of aryl methyl sites for hydroxylation is 1. The lowest BCUT2D eigenvalue weighted by Crippen LogP contribution is -2.58. The van der Waals surface area contributed by atoms with Gasteiger partial charge in [-0.1, -0.05) is 6.92 Å². The van der Waals surface area contributed by atoms with Gasteiger partial charge in [-0.05, 0) is 54.0 Å². The summed E-state index contributed by atoms with van der Waals surface area (Å²) in [5.41, 5.74) is 0.295. The molecule has 0 spiro atoms. The van der Waals surface area contributed by atoms with Gasteiger partial charge >= 0.3 is 0 Å². The molecule has 0 aromatic carbocycles. The maximum atomic E-state index is 4.41. The van der Waals surface area contributed by atoms with Crippen LogP contribution in [0.15, 0.2) is 12.4 Å². The zero-order valence-corrected chi connectivity index (χ0v) is 15.0. The van der Waals surface area contributed by atoms with Crippen molar-refractivity contribution in [2.75, 3.05) is 40.8 Å². The molecule has 0 amide bonds. The number of aromatic nitrogens is 2. The Kier molecular flexibility index (Phi) is 6.01. The van der Waals surface area contributed by atoms with Crippen LogP contribution in [0.4, 0.5) is 0 Å². The Morgan fingerprint density at radius 2 is 2.05 bits per heavy atom. The summed E-state index contributed by atoms with van der Waals surface area (Å²) in [5.74, 6) is 1.18. The summed E-state index contributed by atoms with van der Waals surface area (Å²) in [5, 5.41) is 3.77. The van der Waals surface area contributed by atoms with Gasteiger partial charge in [0, 0.05) is 43.5 Å². The van der Waals surface area contributed by atoms with Crippen LogP contribution in [-0.2, 0) is 13.0 Å². The first-order valence-electron chi connectivity index (χ1n) is 8.56. The molecule has 0 bridgehead atoms. The van der Waals surface area contributed by atoms with E-state index < -0.39 is 0 Å². The van der Waals surface area contributed by atoms with Gasteiger partial charge < -0.3 is 19.7 Å². The van der Waals surface area contributed by atoms with E-state index in [1.165, 1.54) is 31.8 Å². The van der Waals surface area contributed by atoms with Gasteiger partial charge in [-0.2, -0.15) is 0 Å². The molecule has 0 aliphatic carbocycles. The lowest BCUT2D eigenvalue weighted by atomic mass is 9.86. The maximum absolute atomic E-state index is 4.41. The van der Waals surface area contributed by atoms with Crippen molar-refractivity contribution in [3.05, 3.63) is 18.2 Å². The molecule has 1 fully saturated rings. The van der Waals surface area contributed by atoms with Gasteiger partial charge in [0.1, 0.15) is 5.82 Å². The minimum atomic E-state index is 0.295. The number of likely N-dealkylation sites (N-methyl/N-ethyl adjacent to an activating group) is 1. The fourth-order valence-corrected chi connectivity index (χ4v) is 3.36. The average molecular weight is 307 g/mol. The highest BCUT2D eigenvalue weighted by molar-refractivity contribution is 4.96. The first-order chi connectivity index (χ1) is 10.5. The van der Waals surface area contributed by atoms with Crippen LogP contribution in [0.3, 0.4) is 0 Å². The van der Waals surface area contributed by atoms with E-state index in [9.17, 15) is 0 Å². The van der Waals surface area contributed by atoms with E-state index in [-0.39, 0.29) is 0 Å². The van der Waals surface area contributed by atoms with E-state index in [0.29, 0.717) is 11.6 Å². The summed E-state index contributed by atoms with van der Waals surface area (Å²) in [6, 6.07) is 0.455. The lowest BCUT2D eigenvalue weighted by Gasteiger charge is -2.46. The number of nitrogens with zero attached hydrogens (tertiary/aromatic N) is 4. The SMILES string of the molecule is CCc1nccn1CC(C)NCC1(N(C)C)CCN(C)CC1. The van der Waals surface area contributed by atoms with Crippen LogP contribution in [0, 0.1) is 0 Å². The molecular formula is C17H33N5. The van der Waals surface area contributed by atoms with Crippen molar-refractivity contribution < 1.29 is 0 Å². The second kappa shape index (κ2) is 7.57. The molecule has 1 aromatic rings. The molecule has 0 radical (unpaired) electrons. The number of rotatable bonds is 7. The van der Waals surface area contributed by atoms with Crippen molar-refractivity contribution in [1.29, 1.82) is 0 Å². The number of hydrogen-bond acceptors (Lipinski definition) is 4. The van der Waals surface area contributed by atoms with Crippen molar-refractivity contribution in [2.45, 2.75) is 51.2 Å². The molecule has 5 heteroatoms. The summed E-state index contributed by atoms with van der Waals surface area (Å²) in [6.07, 6.45) is 7.47. The molecule has 22 heavy (non-hydrogen) atoms. The van der Waals surface area contributed by atoms with Crippen LogP contribution in [0.5, 0.6) is 0 Å². The Morgan fingerprint density at radius 3 is 2.64 bits per heavy atom. The molecule has 126 valence electrons. The topological polar surface area (TPSA) is 36.3 Å². The van der Waals surface area contributed by atoms with E-state index in [4.69, 9.17) is 0 Å². The summed E-state index contributed by atoms with van der Waals surface area (Å²) in [6.45, 7) is 8.87.